The van der Waals surface area contributed by atoms with Crippen LogP contribution in [0.25, 0.3) is 11.0 Å². The molecule has 2 atom stereocenters. The Morgan fingerprint density at radius 3 is 2.57 bits per heavy atom. The fourth-order valence-corrected chi connectivity index (χ4v) is 5.53. The third kappa shape index (κ3) is 3.85. The van der Waals surface area contributed by atoms with Gasteiger partial charge in [0.25, 0.3) is 0 Å². The SMILES string of the molecule is CC1CCCN(c2nc3ccccc3nc2C(C#N)S(=O)(=O)c2cccc(Cl)c2)C1. The van der Waals surface area contributed by atoms with Crippen molar-refractivity contribution in [2.45, 2.75) is 29.9 Å². The monoisotopic (exact) mass is 440 g/mol. The summed E-state index contributed by atoms with van der Waals surface area (Å²) in [4.78, 5) is 11.4. The first-order chi connectivity index (χ1) is 14.4. The van der Waals surface area contributed by atoms with Gasteiger partial charge in [0, 0.05) is 18.1 Å². The number of sulfone groups is 1. The summed E-state index contributed by atoms with van der Waals surface area (Å²) in [6.07, 6.45) is 2.09. The van der Waals surface area contributed by atoms with Crippen molar-refractivity contribution in [3.63, 3.8) is 0 Å². The molecule has 0 aliphatic carbocycles. The second-order valence-electron chi connectivity index (χ2n) is 7.63. The molecule has 154 valence electrons. The lowest BCUT2D eigenvalue weighted by Crippen LogP contribution is -2.36. The summed E-state index contributed by atoms with van der Waals surface area (Å²) in [6.45, 7) is 3.65. The van der Waals surface area contributed by atoms with Crippen LogP contribution >= 0.6 is 11.6 Å². The second-order valence-corrected chi connectivity index (χ2v) is 10.1. The fourth-order valence-electron chi connectivity index (χ4n) is 3.85. The van der Waals surface area contributed by atoms with E-state index >= 15 is 0 Å². The number of halogens is 1. The van der Waals surface area contributed by atoms with E-state index in [1.807, 2.05) is 24.3 Å². The minimum atomic E-state index is -4.04. The number of nitrogens with zero attached hydrogens (tertiary/aromatic N) is 4. The Kier molecular flexibility index (Phi) is 5.63. The van der Waals surface area contributed by atoms with E-state index in [4.69, 9.17) is 16.6 Å². The van der Waals surface area contributed by atoms with Gasteiger partial charge in [-0.25, -0.2) is 18.4 Å². The molecular formula is C22H21ClN4O2S. The van der Waals surface area contributed by atoms with Gasteiger partial charge in [-0.3, -0.25) is 0 Å². The molecule has 2 unspecified atom stereocenters. The summed E-state index contributed by atoms with van der Waals surface area (Å²) in [7, 11) is -4.04. The normalized spacial score (nSPS) is 18.2. The zero-order valence-corrected chi connectivity index (χ0v) is 18.1. The molecule has 30 heavy (non-hydrogen) atoms. The fraction of sp³-hybridized carbons (Fsp3) is 0.318. The summed E-state index contributed by atoms with van der Waals surface area (Å²) in [5, 5.41) is 8.75. The number of hydrogen-bond acceptors (Lipinski definition) is 6. The highest BCUT2D eigenvalue weighted by molar-refractivity contribution is 7.92. The van der Waals surface area contributed by atoms with Gasteiger partial charge in [-0.1, -0.05) is 36.7 Å². The summed E-state index contributed by atoms with van der Waals surface area (Å²) in [6, 6.07) is 15.2. The van der Waals surface area contributed by atoms with E-state index in [2.05, 4.69) is 16.8 Å². The minimum absolute atomic E-state index is 0.00512. The molecule has 6 nitrogen and oxygen atoms in total. The van der Waals surface area contributed by atoms with Crippen LogP contribution in [0, 0.1) is 17.2 Å². The van der Waals surface area contributed by atoms with Gasteiger partial charge in [0.1, 0.15) is 5.69 Å². The Morgan fingerprint density at radius 1 is 1.17 bits per heavy atom. The van der Waals surface area contributed by atoms with Crippen molar-refractivity contribution < 1.29 is 8.42 Å². The number of para-hydroxylation sites is 2. The smallest absolute Gasteiger partial charge is 0.200 e. The average molecular weight is 441 g/mol. The Hall–Kier alpha value is -2.69. The molecule has 0 spiro atoms. The van der Waals surface area contributed by atoms with Crippen LogP contribution in [0.5, 0.6) is 0 Å². The molecule has 1 saturated heterocycles. The lowest BCUT2D eigenvalue weighted by molar-refractivity contribution is 0.443. The van der Waals surface area contributed by atoms with Gasteiger partial charge >= 0.3 is 0 Å². The van der Waals surface area contributed by atoms with Gasteiger partial charge < -0.3 is 4.90 Å². The van der Waals surface area contributed by atoms with Gasteiger partial charge in [0.05, 0.1) is 22.0 Å². The standard InChI is InChI=1S/C22H21ClN4O2S/c1-15-6-5-11-27(14-15)22-21(25-18-9-2-3-10-19(18)26-22)20(13-24)30(28,29)17-8-4-7-16(23)12-17/h2-4,7-10,12,15,20H,5-6,11,14H2,1H3. The number of benzene rings is 2. The Labute approximate surface area is 181 Å². The van der Waals surface area contributed by atoms with Crippen LogP contribution in [-0.4, -0.2) is 31.5 Å². The Balaban J connectivity index is 1.91. The van der Waals surface area contributed by atoms with Crippen LogP contribution in [-0.2, 0) is 9.84 Å². The summed E-state index contributed by atoms with van der Waals surface area (Å²) in [5.41, 5.74) is 1.40. The third-order valence-corrected chi connectivity index (χ3v) is 7.43. The molecule has 1 fully saturated rings. The molecule has 0 N–H and O–H groups in total. The van der Waals surface area contributed by atoms with Crippen LogP contribution in [0.3, 0.4) is 0 Å². The number of anilines is 1. The third-order valence-electron chi connectivity index (χ3n) is 5.34. The maximum Gasteiger partial charge on any atom is 0.200 e. The highest BCUT2D eigenvalue weighted by Crippen LogP contribution is 2.35. The van der Waals surface area contributed by atoms with Gasteiger partial charge in [0.15, 0.2) is 11.1 Å². The van der Waals surface area contributed by atoms with Crippen molar-refractivity contribution in [2.24, 2.45) is 5.92 Å². The van der Waals surface area contributed by atoms with E-state index in [1.165, 1.54) is 12.1 Å². The maximum absolute atomic E-state index is 13.4. The highest BCUT2D eigenvalue weighted by atomic mass is 35.5. The Morgan fingerprint density at radius 2 is 1.90 bits per heavy atom. The van der Waals surface area contributed by atoms with Crippen LogP contribution in [0.4, 0.5) is 5.82 Å². The van der Waals surface area contributed by atoms with Crippen LogP contribution in [0.2, 0.25) is 5.02 Å². The number of rotatable bonds is 4. The zero-order chi connectivity index (χ0) is 21.3. The van der Waals surface area contributed by atoms with Crippen LogP contribution in [0.1, 0.15) is 30.7 Å². The minimum Gasteiger partial charge on any atom is -0.355 e. The van der Waals surface area contributed by atoms with E-state index < -0.39 is 15.1 Å². The quantitative estimate of drug-likeness (QED) is 0.591. The van der Waals surface area contributed by atoms with Crippen molar-refractivity contribution in [2.75, 3.05) is 18.0 Å². The zero-order valence-electron chi connectivity index (χ0n) is 16.5. The van der Waals surface area contributed by atoms with Gasteiger partial charge in [-0.2, -0.15) is 5.26 Å². The molecule has 1 aliphatic heterocycles. The van der Waals surface area contributed by atoms with Gasteiger partial charge in [-0.05, 0) is 49.1 Å². The topological polar surface area (TPSA) is 86.9 Å². The van der Waals surface area contributed by atoms with E-state index in [1.54, 1.807) is 18.2 Å². The number of hydrogen-bond donors (Lipinski definition) is 0. The number of aromatic nitrogens is 2. The number of fused-ring (bicyclic) bond motifs is 1. The molecule has 2 heterocycles. The van der Waals surface area contributed by atoms with Crippen molar-refractivity contribution in [1.29, 1.82) is 5.26 Å². The molecule has 1 aromatic heterocycles. The molecular weight excluding hydrogens is 420 g/mol. The van der Waals surface area contributed by atoms with Crippen LogP contribution < -0.4 is 4.90 Å². The molecule has 8 heteroatoms. The van der Waals surface area contributed by atoms with E-state index in [0.29, 0.717) is 27.8 Å². The van der Waals surface area contributed by atoms with E-state index in [0.717, 1.165) is 25.9 Å². The molecule has 3 aromatic rings. The molecule has 4 rings (SSSR count). The largest absolute Gasteiger partial charge is 0.355 e. The predicted molar refractivity (Wildman–Crippen MR) is 117 cm³/mol. The molecule has 0 bridgehead atoms. The molecule has 0 radical (unpaired) electrons. The van der Waals surface area contributed by atoms with E-state index in [-0.39, 0.29) is 10.6 Å². The van der Waals surface area contributed by atoms with Gasteiger partial charge in [-0.15, -0.1) is 0 Å². The van der Waals surface area contributed by atoms with E-state index in [9.17, 15) is 13.7 Å². The molecule has 2 aromatic carbocycles. The predicted octanol–water partition coefficient (Wildman–Crippen LogP) is 4.56. The van der Waals surface area contributed by atoms with Crippen molar-refractivity contribution in [3.05, 3.63) is 59.2 Å². The van der Waals surface area contributed by atoms with Crippen molar-refractivity contribution in [1.82, 2.24) is 9.97 Å². The highest BCUT2D eigenvalue weighted by Gasteiger charge is 2.35. The lowest BCUT2D eigenvalue weighted by Gasteiger charge is -2.33. The van der Waals surface area contributed by atoms with Crippen LogP contribution in [0.15, 0.2) is 53.4 Å². The molecule has 0 amide bonds. The summed E-state index contributed by atoms with van der Waals surface area (Å²) < 4.78 is 26.8. The lowest BCUT2D eigenvalue weighted by atomic mass is 10.00. The maximum atomic E-state index is 13.4. The van der Waals surface area contributed by atoms with Crippen molar-refractivity contribution >= 4 is 38.3 Å². The van der Waals surface area contributed by atoms with Crippen molar-refractivity contribution in [3.8, 4) is 6.07 Å². The first-order valence-corrected chi connectivity index (χ1v) is 11.7. The number of nitriles is 1. The summed E-state index contributed by atoms with van der Waals surface area (Å²) >= 11 is 6.01. The second kappa shape index (κ2) is 8.21. The summed E-state index contributed by atoms with van der Waals surface area (Å²) in [5.74, 6) is 0.919. The Bertz CT molecular complexity index is 1240. The average Bonchev–Trinajstić information content (AvgIpc) is 2.73. The number of piperidine rings is 1. The molecule has 1 aliphatic rings. The first-order valence-electron chi connectivity index (χ1n) is 9.81. The molecule has 0 saturated carbocycles. The van der Waals surface area contributed by atoms with Gasteiger partial charge in [0.2, 0.25) is 9.84 Å². The first kappa shape index (κ1) is 20.6.